The number of thiazole rings is 1. The molecule has 0 atom stereocenters. The van der Waals surface area contributed by atoms with Crippen LogP contribution in [-0.4, -0.2) is 46.3 Å². The van der Waals surface area contributed by atoms with Crippen LogP contribution in [-0.2, 0) is 11.3 Å². The van der Waals surface area contributed by atoms with Gasteiger partial charge in [-0.25, -0.2) is 4.98 Å². The zero-order valence-electron chi connectivity index (χ0n) is 15.1. The van der Waals surface area contributed by atoms with Crippen molar-refractivity contribution in [2.75, 3.05) is 24.5 Å². The Morgan fingerprint density at radius 2 is 1.96 bits per heavy atom. The molecule has 7 nitrogen and oxygen atoms in total. The van der Waals surface area contributed by atoms with E-state index in [2.05, 4.69) is 14.9 Å². The highest BCUT2D eigenvalue weighted by Gasteiger charge is 2.41. The Balaban J connectivity index is 1.40. The van der Waals surface area contributed by atoms with Crippen LogP contribution in [0, 0.1) is 5.41 Å². The predicted octanol–water partition coefficient (Wildman–Crippen LogP) is 2.05. The molecule has 0 aliphatic carbocycles. The topological polar surface area (TPSA) is 92.4 Å². The summed E-state index contributed by atoms with van der Waals surface area (Å²) in [7, 11) is 0. The van der Waals surface area contributed by atoms with E-state index >= 15 is 0 Å². The van der Waals surface area contributed by atoms with Gasteiger partial charge >= 0.3 is 0 Å². The molecule has 2 fully saturated rings. The van der Waals surface area contributed by atoms with Gasteiger partial charge in [0.1, 0.15) is 5.69 Å². The van der Waals surface area contributed by atoms with Gasteiger partial charge in [-0.05, 0) is 42.4 Å². The molecule has 4 rings (SSSR count). The summed E-state index contributed by atoms with van der Waals surface area (Å²) in [4.78, 5) is 36.3. The molecule has 4 heterocycles. The van der Waals surface area contributed by atoms with Crippen molar-refractivity contribution in [2.45, 2.75) is 32.2 Å². The van der Waals surface area contributed by atoms with Crippen LogP contribution in [0.15, 0.2) is 29.9 Å². The normalized spacial score (nSPS) is 19.5. The summed E-state index contributed by atoms with van der Waals surface area (Å²) < 4.78 is 0. The van der Waals surface area contributed by atoms with Crippen LogP contribution in [0.25, 0.3) is 0 Å². The van der Waals surface area contributed by atoms with Crippen molar-refractivity contribution in [3.63, 3.8) is 0 Å². The van der Waals surface area contributed by atoms with E-state index in [1.54, 1.807) is 17.8 Å². The number of nitrogens with two attached hydrogens (primary N) is 1. The highest BCUT2D eigenvalue weighted by atomic mass is 32.1. The van der Waals surface area contributed by atoms with Gasteiger partial charge in [0.25, 0.3) is 5.91 Å². The first kappa shape index (κ1) is 17.9. The molecule has 1 spiro atoms. The number of carbonyl (C=O) groups is 2. The third kappa shape index (κ3) is 3.80. The minimum atomic E-state index is -0.483. The second-order valence-corrected chi connectivity index (χ2v) is 8.31. The second kappa shape index (κ2) is 7.26. The van der Waals surface area contributed by atoms with Gasteiger partial charge in [0.15, 0.2) is 5.13 Å². The third-order valence-electron chi connectivity index (χ3n) is 5.71. The van der Waals surface area contributed by atoms with Crippen LogP contribution in [0.5, 0.6) is 0 Å². The highest BCUT2D eigenvalue weighted by molar-refractivity contribution is 7.13. The standard InChI is InChI=1S/C19H23N5O2S/c20-17(26)15-12-27-18(22-15)23-9-5-19(6-10-23)4-1-16(25)24(13-19)11-14-2-7-21-8-3-14/h2-3,7-8,12H,1,4-6,9-11,13H2,(H2,20,26). The molecule has 0 saturated carbocycles. The molecule has 2 aliphatic heterocycles. The first-order valence-electron chi connectivity index (χ1n) is 9.22. The number of piperidine rings is 2. The van der Waals surface area contributed by atoms with Gasteiger partial charge in [0.2, 0.25) is 5.91 Å². The first-order valence-corrected chi connectivity index (χ1v) is 10.1. The minimum absolute atomic E-state index is 0.182. The summed E-state index contributed by atoms with van der Waals surface area (Å²) in [5.74, 6) is -0.241. The van der Waals surface area contributed by atoms with Crippen molar-refractivity contribution in [2.24, 2.45) is 11.1 Å². The number of pyridine rings is 1. The van der Waals surface area contributed by atoms with Gasteiger partial charge in [-0.1, -0.05) is 0 Å². The van der Waals surface area contributed by atoms with Gasteiger partial charge in [0, 0.05) is 50.4 Å². The fourth-order valence-electron chi connectivity index (χ4n) is 4.06. The zero-order chi connectivity index (χ0) is 18.9. The maximum Gasteiger partial charge on any atom is 0.268 e. The zero-order valence-corrected chi connectivity index (χ0v) is 16.0. The summed E-state index contributed by atoms with van der Waals surface area (Å²) in [6, 6.07) is 3.94. The number of primary amides is 1. The lowest BCUT2D eigenvalue weighted by molar-refractivity contribution is -0.139. The Kier molecular flexibility index (Phi) is 4.82. The lowest BCUT2D eigenvalue weighted by Crippen LogP contribution is -2.51. The van der Waals surface area contributed by atoms with Gasteiger partial charge in [-0.15, -0.1) is 11.3 Å². The Hall–Kier alpha value is -2.48. The summed E-state index contributed by atoms with van der Waals surface area (Å²) in [5, 5.41) is 2.58. The van der Waals surface area contributed by atoms with E-state index in [0.29, 0.717) is 18.7 Å². The van der Waals surface area contributed by atoms with Crippen LogP contribution in [0.4, 0.5) is 5.13 Å². The molecule has 2 aromatic heterocycles. The minimum Gasteiger partial charge on any atom is -0.364 e. The molecule has 2 aromatic rings. The van der Waals surface area contributed by atoms with E-state index in [0.717, 1.165) is 49.6 Å². The largest absolute Gasteiger partial charge is 0.364 e. The lowest BCUT2D eigenvalue weighted by Gasteiger charge is -2.47. The third-order valence-corrected chi connectivity index (χ3v) is 6.61. The molecule has 8 heteroatoms. The Morgan fingerprint density at radius 1 is 1.22 bits per heavy atom. The van der Waals surface area contributed by atoms with Gasteiger partial charge < -0.3 is 15.5 Å². The number of likely N-dealkylation sites (tertiary alicyclic amines) is 1. The van der Waals surface area contributed by atoms with E-state index in [1.165, 1.54) is 11.3 Å². The lowest BCUT2D eigenvalue weighted by atomic mass is 9.72. The molecule has 0 aromatic carbocycles. The Bertz CT molecular complexity index is 830. The summed E-state index contributed by atoms with van der Waals surface area (Å²) in [5.41, 5.74) is 6.94. The van der Waals surface area contributed by atoms with Gasteiger partial charge in [-0.2, -0.15) is 0 Å². The number of anilines is 1. The monoisotopic (exact) mass is 385 g/mol. The Labute approximate surface area is 162 Å². The molecule has 2 aliphatic rings. The number of carbonyl (C=O) groups excluding carboxylic acids is 2. The van der Waals surface area contributed by atoms with Crippen molar-refractivity contribution in [1.82, 2.24) is 14.9 Å². The molecule has 2 N–H and O–H groups in total. The van der Waals surface area contributed by atoms with Crippen molar-refractivity contribution in [3.05, 3.63) is 41.2 Å². The van der Waals surface area contributed by atoms with Crippen LogP contribution in [0.3, 0.4) is 0 Å². The molecular formula is C19H23N5O2S. The van der Waals surface area contributed by atoms with E-state index < -0.39 is 5.91 Å². The van der Waals surface area contributed by atoms with Crippen molar-refractivity contribution in [3.8, 4) is 0 Å². The molecule has 27 heavy (non-hydrogen) atoms. The van der Waals surface area contributed by atoms with E-state index in [4.69, 9.17) is 5.73 Å². The average Bonchev–Trinajstić information content (AvgIpc) is 3.17. The molecule has 0 bridgehead atoms. The number of rotatable bonds is 4. The molecule has 2 amide bonds. The quantitative estimate of drug-likeness (QED) is 0.869. The SMILES string of the molecule is NC(=O)c1csc(N2CCC3(CCC(=O)N(Cc4ccncc4)C3)CC2)n1. The van der Waals surface area contributed by atoms with Crippen LogP contribution < -0.4 is 10.6 Å². The maximum atomic E-state index is 12.4. The number of amides is 2. The number of hydrogen-bond donors (Lipinski definition) is 1. The summed E-state index contributed by atoms with van der Waals surface area (Å²) in [6.07, 6.45) is 7.17. The summed E-state index contributed by atoms with van der Waals surface area (Å²) >= 11 is 1.47. The number of nitrogens with zero attached hydrogens (tertiary/aromatic N) is 4. The van der Waals surface area contributed by atoms with Crippen LogP contribution in [0.1, 0.15) is 41.7 Å². The van der Waals surface area contributed by atoms with Crippen LogP contribution >= 0.6 is 11.3 Å². The maximum absolute atomic E-state index is 12.4. The van der Waals surface area contributed by atoms with Crippen molar-refractivity contribution >= 4 is 28.3 Å². The van der Waals surface area contributed by atoms with Crippen molar-refractivity contribution in [1.29, 1.82) is 0 Å². The van der Waals surface area contributed by atoms with Crippen LogP contribution in [0.2, 0.25) is 0 Å². The van der Waals surface area contributed by atoms with E-state index in [-0.39, 0.29) is 11.3 Å². The van der Waals surface area contributed by atoms with Gasteiger partial charge in [-0.3, -0.25) is 14.6 Å². The highest BCUT2D eigenvalue weighted by Crippen LogP contribution is 2.41. The van der Waals surface area contributed by atoms with E-state index in [9.17, 15) is 9.59 Å². The smallest absolute Gasteiger partial charge is 0.268 e. The fourth-order valence-corrected chi connectivity index (χ4v) is 4.93. The molecule has 2 saturated heterocycles. The van der Waals surface area contributed by atoms with Crippen molar-refractivity contribution < 1.29 is 9.59 Å². The van der Waals surface area contributed by atoms with E-state index in [1.807, 2.05) is 17.0 Å². The number of aromatic nitrogens is 2. The molecule has 142 valence electrons. The molecule has 0 unspecified atom stereocenters. The fraction of sp³-hybridized carbons (Fsp3) is 0.474. The van der Waals surface area contributed by atoms with Gasteiger partial charge in [0.05, 0.1) is 0 Å². The first-order chi connectivity index (χ1) is 13.0. The molecule has 0 radical (unpaired) electrons. The summed E-state index contributed by atoms with van der Waals surface area (Å²) in [6.45, 7) is 3.25. The molecular weight excluding hydrogens is 362 g/mol. The second-order valence-electron chi connectivity index (χ2n) is 7.47. The Morgan fingerprint density at radius 3 is 2.63 bits per heavy atom. The average molecular weight is 385 g/mol. The predicted molar refractivity (Wildman–Crippen MR) is 103 cm³/mol. The number of hydrogen-bond acceptors (Lipinski definition) is 6.